The summed E-state index contributed by atoms with van der Waals surface area (Å²) in [5.74, 6) is 1.14. The van der Waals surface area contributed by atoms with Gasteiger partial charge in [0.25, 0.3) is 5.91 Å². The molecule has 26 heavy (non-hydrogen) atoms. The third kappa shape index (κ3) is 2.93. The third-order valence-electron chi connectivity index (χ3n) is 6.09. The van der Waals surface area contributed by atoms with E-state index in [2.05, 4.69) is 46.6 Å². The van der Waals surface area contributed by atoms with E-state index in [9.17, 15) is 4.79 Å². The lowest BCUT2D eigenvalue weighted by Crippen LogP contribution is -2.63. The highest BCUT2D eigenvalue weighted by Gasteiger charge is 2.41. The van der Waals surface area contributed by atoms with Gasteiger partial charge in [-0.05, 0) is 27.0 Å². The van der Waals surface area contributed by atoms with Gasteiger partial charge in [0.05, 0.1) is 17.6 Å². The second-order valence-corrected chi connectivity index (χ2v) is 8.02. The van der Waals surface area contributed by atoms with Crippen molar-refractivity contribution in [3.8, 4) is 0 Å². The molecule has 1 unspecified atom stereocenters. The van der Waals surface area contributed by atoms with E-state index in [1.807, 2.05) is 18.1 Å². The molecule has 0 aliphatic carbocycles. The molecule has 0 aromatic carbocycles. The number of nitrogens with zero attached hydrogens (tertiary/aromatic N) is 6. The minimum absolute atomic E-state index is 0.120. The van der Waals surface area contributed by atoms with Crippen molar-refractivity contribution >= 4 is 23.1 Å². The fraction of sp³-hybridized carbons (Fsp3) is 0.684. The number of piperazine rings is 2. The molecule has 7 heteroatoms. The standard InChI is InChI=1S/C19H30N6O/c1-14(2)24-9-10-25-17(13-24)19(26)22(4)16-11-15(12-20-18(16)25)23-7-5-21(3)6-8-23/h11-12,14,17H,5-10,13H2,1-4H3. The Morgan fingerprint density at radius 1 is 1.08 bits per heavy atom. The SMILES string of the molecule is CC(C)N1CCN2c3ncc(N4CCN(C)CC4)cc3N(C)C(=O)C2C1. The molecule has 4 rings (SSSR count). The van der Waals surface area contributed by atoms with E-state index in [-0.39, 0.29) is 11.9 Å². The molecule has 3 aliphatic heterocycles. The van der Waals surface area contributed by atoms with Gasteiger partial charge in [-0.1, -0.05) is 0 Å². The van der Waals surface area contributed by atoms with E-state index in [0.717, 1.165) is 63.0 Å². The van der Waals surface area contributed by atoms with Crippen molar-refractivity contribution in [3.63, 3.8) is 0 Å². The highest BCUT2D eigenvalue weighted by molar-refractivity contribution is 6.05. The Hall–Kier alpha value is -1.86. The number of carbonyl (C=O) groups is 1. The molecule has 4 heterocycles. The zero-order valence-electron chi connectivity index (χ0n) is 16.4. The average molecular weight is 358 g/mol. The lowest BCUT2D eigenvalue weighted by molar-refractivity contribution is -0.121. The lowest BCUT2D eigenvalue weighted by atomic mass is 10.0. The molecule has 0 bridgehead atoms. The molecule has 142 valence electrons. The van der Waals surface area contributed by atoms with Crippen LogP contribution in [0.4, 0.5) is 17.2 Å². The summed E-state index contributed by atoms with van der Waals surface area (Å²) in [6, 6.07) is 2.49. The molecular formula is C19H30N6O. The molecule has 0 saturated carbocycles. The monoisotopic (exact) mass is 358 g/mol. The molecular weight excluding hydrogens is 328 g/mol. The number of pyridine rings is 1. The van der Waals surface area contributed by atoms with Crippen molar-refractivity contribution in [1.29, 1.82) is 0 Å². The zero-order chi connectivity index (χ0) is 18.4. The third-order valence-corrected chi connectivity index (χ3v) is 6.09. The fourth-order valence-electron chi connectivity index (χ4n) is 4.22. The number of hydrogen-bond donors (Lipinski definition) is 0. The van der Waals surface area contributed by atoms with Crippen LogP contribution in [0, 0.1) is 0 Å². The minimum Gasteiger partial charge on any atom is -0.368 e. The quantitative estimate of drug-likeness (QED) is 0.776. The number of carbonyl (C=O) groups excluding carboxylic acids is 1. The maximum atomic E-state index is 13.0. The van der Waals surface area contributed by atoms with E-state index in [1.165, 1.54) is 0 Å². The number of amides is 1. The van der Waals surface area contributed by atoms with Crippen LogP contribution in [0.15, 0.2) is 12.3 Å². The molecule has 1 aromatic heterocycles. The van der Waals surface area contributed by atoms with Crippen LogP contribution in [-0.2, 0) is 4.79 Å². The first-order chi connectivity index (χ1) is 12.5. The summed E-state index contributed by atoms with van der Waals surface area (Å²) in [5.41, 5.74) is 2.07. The summed E-state index contributed by atoms with van der Waals surface area (Å²) in [4.78, 5) is 29.0. The second-order valence-electron chi connectivity index (χ2n) is 8.02. The van der Waals surface area contributed by atoms with Gasteiger partial charge in [-0.15, -0.1) is 0 Å². The van der Waals surface area contributed by atoms with Crippen molar-refractivity contribution in [2.24, 2.45) is 0 Å². The molecule has 2 saturated heterocycles. The van der Waals surface area contributed by atoms with Crippen LogP contribution in [0.2, 0.25) is 0 Å². The number of rotatable bonds is 2. The van der Waals surface area contributed by atoms with E-state index in [4.69, 9.17) is 4.98 Å². The van der Waals surface area contributed by atoms with Crippen LogP contribution in [0.1, 0.15) is 13.8 Å². The van der Waals surface area contributed by atoms with Crippen molar-refractivity contribution < 1.29 is 4.79 Å². The Balaban J connectivity index is 1.62. The Morgan fingerprint density at radius 2 is 1.81 bits per heavy atom. The van der Waals surface area contributed by atoms with Crippen LogP contribution in [0.3, 0.4) is 0 Å². The molecule has 1 aromatic rings. The van der Waals surface area contributed by atoms with Gasteiger partial charge in [-0.25, -0.2) is 4.98 Å². The van der Waals surface area contributed by atoms with Crippen molar-refractivity contribution in [1.82, 2.24) is 14.8 Å². The van der Waals surface area contributed by atoms with Crippen LogP contribution >= 0.6 is 0 Å². The Kier molecular flexibility index (Phi) is 4.52. The average Bonchev–Trinajstić information content (AvgIpc) is 2.66. The molecule has 1 atom stereocenters. The van der Waals surface area contributed by atoms with Gasteiger partial charge in [0.1, 0.15) is 6.04 Å². The Labute approximate surface area is 156 Å². The smallest absolute Gasteiger partial charge is 0.250 e. The lowest BCUT2D eigenvalue weighted by Gasteiger charge is -2.47. The van der Waals surface area contributed by atoms with E-state index >= 15 is 0 Å². The Morgan fingerprint density at radius 3 is 2.50 bits per heavy atom. The maximum absolute atomic E-state index is 13.0. The van der Waals surface area contributed by atoms with Gasteiger partial charge in [-0.3, -0.25) is 9.69 Å². The van der Waals surface area contributed by atoms with Crippen molar-refractivity contribution in [3.05, 3.63) is 12.3 Å². The normalized spacial score (nSPS) is 24.9. The molecule has 0 radical (unpaired) electrons. The molecule has 0 spiro atoms. The van der Waals surface area contributed by atoms with Crippen LogP contribution in [-0.4, -0.2) is 92.7 Å². The van der Waals surface area contributed by atoms with Crippen LogP contribution in [0.5, 0.6) is 0 Å². The zero-order valence-corrected chi connectivity index (χ0v) is 16.4. The first-order valence-electron chi connectivity index (χ1n) is 9.67. The molecule has 1 amide bonds. The number of anilines is 3. The molecule has 3 aliphatic rings. The Bertz CT molecular complexity index is 685. The summed E-state index contributed by atoms with van der Waals surface area (Å²) in [6.07, 6.45) is 1.99. The highest BCUT2D eigenvalue weighted by Crippen LogP contribution is 2.37. The summed E-state index contributed by atoms with van der Waals surface area (Å²) in [6.45, 7) is 11.1. The van der Waals surface area contributed by atoms with Gasteiger partial charge in [0.15, 0.2) is 5.82 Å². The highest BCUT2D eigenvalue weighted by atomic mass is 16.2. The first-order valence-corrected chi connectivity index (χ1v) is 9.67. The summed E-state index contributed by atoms with van der Waals surface area (Å²) >= 11 is 0. The van der Waals surface area contributed by atoms with Crippen LogP contribution in [0.25, 0.3) is 0 Å². The van der Waals surface area contributed by atoms with Gasteiger partial charge in [-0.2, -0.15) is 0 Å². The first kappa shape index (κ1) is 17.5. The summed E-state index contributed by atoms with van der Waals surface area (Å²) in [5, 5.41) is 0. The topological polar surface area (TPSA) is 46.2 Å². The van der Waals surface area contributed by atoms with Crippen molar-refractivity contribution in [2.75, 3.05) is 74.6 Å². The molecule has 7 nitrogen and oxygen atoms in total. The summed E-state index contributed by atoms with van der Waals surface area (Å²) in [7, 11) is 4.05. The predicted octanol–water partition coefficient (Wildman–Crippen LogP) is 0.709. The van der Waals surface area contributed by atoms with E-state index < -0.39 is 0 Å². The van der Waals surface area contributed by atoms with Gasteiger partial charge < -0.3 is 19.6 Å². The van der Waals surface area contributed by atoms with Gasteiger partial charge in [0, 0.05) is 58.9 Å². The van der Waals surface area contributed by atoms with Crippen LogP contribution < -0.4 is 14.7 Å². The second kappa shape index (κ2) is 6.70. The van der Waals surface area contributed by atoms with Gasteiger partial charge in [0.2, 0.25) is 0 Å². The number of likely N-dealkylation sites (N-methyl/N-ethyl adjacent to an activating group) is 2. The van der Waals surface area contributed by atoms with E-state index in [0.29, 0.717) is 6.04 Å². The predicted molar refractivity (Wildman–Crippen MR) is 105 cm³/mol. The maximum Gasteiger partial charge on any atom is 0.250 e. The molecule has 2 fully saturated rings. The molecule has 0 N–H and O–H groups in total. The largest absolute Gasteiger partial charge is 0.368 e. The minimum atomic E-state index is -0.120. The van der Waals surface area contributed by atoms with Gasteiger partial charge >= 0.3 is 0 Å². The number of hydrogen-bond acceptors (Lipinski definition) is 6. The summed E-state index contributed by atoms with van der Waals surface area (Å²) < 4.78 is 0. The number of aromatic nitrogens is 1. The van der Waals surface area contributed by atoms with E-state index in [1.54, 1.807) is 0 Å². The van der Waals surface area contributed by atoms with Crippen molar-refractivity contribution in [2.45, 2.75) is 25.9 Å². The fourth-order valence-corrected chi connectivity index (χ4v) is 4.22. The number of fused-ring (bicyclic) bond motifs is 3.